The molecule has 3 heteroatoms. The van der Waals surface area contributed by atoms with Crippen LogP contribution >= 0.6 is 0 Å². The van der Waals surface area contributed by atoms with Crippen molar-refractivity contribution in [1.29, 1.82) is 0 Å². The third-order valence-electron chi connectivity index (χ3n) is 5.44. The molecule has 1 heterocycles. The Labute approximate surface area is 105 Å². The molecule has 2 fully saturated rings. The number of hydrogen-bond acceptors (Lipinski definition) is 2. The Morgan fingerprint density at radius 2 is 1.88 bits per heavy atom. The lowest BCUT2D eigenvalue weighted by molar-refractivity contribution is -0.129. The number of amides is 1. The number of nitrogens with zero attached hydrogens (tertiary/aromatic N) is 1. The fourth-order valence-corrected chi connectivity index (χ4v) is 3.28. The van der Waals surface area contributed by atoms with E-state index >= 15 is 0 Å². The molecular formula is C14H26N2O. The first-order valence-corrected chi connectivity index (χ1v) is 6.84. The summed E-state index contributed by atoms with van der Waals surface area (Å²) in [5.41, 5.74) is 0.742. The Bertz CT molecular complexity index is 308. The van der Waals surface area contributed by atoms with E-state index in [1.807, 2.05) is 4.90 Å². The Morgan fingerprint density at radius 3 is 2.35 bits per heavy atom. The van der Waals surface area contributed by atoms with Crippen molar-refractivity contribution in [3.05, 3.63) is 0 Å². The summed E-state index contributed by atoms with van der Waals surface area (Å²) in [7, 11) is 0. The van der Waals surface area contributed by atoms with Gasteiger partial charge in [-0.15, -0.1) is 0 Å². The minimum atomic E-state index is 0.0741. The lowest BCUT2D eigenvalue weighted by Crippen LogP contribution is -2.32. The van der Waals surface area contributed by atoms with Crippen LogP contribution in [0.2, 0.25) is 0 Å². The minimum Gasteiger partial charge on any atom is -0.328 e. The minimum absolute atomic E-state index is 0.0741. The van der Waals surface area contributed by atoms with Gasteiger partial charge in [0.2, 0.25) is 5.91 Å². The summed E-state index contributed by atoms with van der Waals surface area (Å²) in [5.74, 6) is 0.950. The van der Waals surface area contributed by atoms with Gasteiger partial charge in [0.05, 0.1) is 12.7 Å². The van der Waals surface area contributed by atoms with Crippen molar-refractivity contribution in [3.8, 4) is 0 Å². The highest BCUT2D eigenvalue weighted by Crippen LogP contribution is 2.68. The molecule has 3 nitrogen and oxygen atoms in total. The molecule has 1 aliphatic carbocycles. The molecular weight excluding hydrogens is 212 g/mol. The second kappa shape index (κ2) is 3.98. The molecule has 1 N–H and O–H groups in total. The summed E-state index contributed by atoms with van der Waals surface area (Å²) in [6.07, 6.45) is 2.03. The fourth-order valence-electron chi connectivity index (χ4n) is 3.28. The van der Waals surface area contributed by atoms with Crippen molar-refractivity contribution < 1.29 is 4.79 Å². The van der Waals surface area contributed by atoms with Crippen molar-refractivity contribution in [2.75, 3.05) is 13.2 Å². The van der Waals surface area contributed by atoms with E-state index in [1.165, 1.54) is 0 Å². The molecule has 0 aromatic rings. The normalized spacial score (nSPS) is 31.0. The van der Waals surface area contributed by atoms with Crippen molar-refractivity contribution in [2.24, 2.45) is 16.7 Å². The molecule has 0 spiro atoms. The quantitative estimate of drug-likeness (QED) is 0.814. The van der Waals surface area contributed by atoms with Crippen LogP contribution < -0.4 is 5.32 Å². The Morgan fingerprint density at radius 1 is 1.29 bits per heavy atom. The number of nitrogens with one attached hydrogen (secondary N) is 1. The number of rotatable bonds is 4. The summed E-state index contributed by atoms with van der Waals surface area (Å²) < 4.78 is 0. The second-order valence-electron chi connectivity index (χ2n) is 6.76. The molecule has 1 saturated heterocycles. The molecule has 1 saturated carbocycles. The summed E-state index contributed by atoms with van der Waals surface area (Å²) in [5, 5.41) is 3.32. The van der Waals surface area contributed by atoms with Gasteiger partial charge in [-0.2, -0.15) is 0 Å². The van der Waals surface area contributed by atoms with Gasteiger partial charge in [-0.3, -0.25) is 10.1 Å². The number of carbonyl (C=O) groups excluding carboxylic acids is 1. The maximum atomic E-state index is 12.1. The van der Waals surface area contributed by atoms with Gasteiger partial charge in [0.25, 0.3) is 0 Å². The molecule has 1 atom stereocenters. The van der Waals surface area contributed by atoms with Gasteiger partial charge in [0.15, 0.2) is 0 Å². The molecule has 2 aliphatic rings. The van der Waals surface area contributed by atoms with Crippen LogP contribution in [0.25, 0.3) is 0 Å². The molecule has 2 rings (SSSR count). The van der Waals surface area contributed by atoms with Crippen LogP contribution in [-0.4, -0.2) is 30.1 Å². The standard InChI is InChI=1S/C14H26N2O/c1-6-7-10-12(17)16(9-15-10)8-11-13(2,3)14(11,4)5/h10-11,15H,6-9H2,1-5H3. The van der Waals surface area contributed by atoms with Gasteiger partial charge >= 0.3 is 0 Å². The zero-order chi connectivity index (χ0) is 12.8. The summed E-state index contributed by atoms with van der Waals surface area (Å²) in [6, 6.07) is 0.0741. The maximum absolute atomic E-state index is 12.1. The smallest absolute Gasteiger partial charge is 0.240 e. The van der Waals surface area contributed by atoms with E-state index in [4.69, 9.17) is 0 Å². The van der Waals surface area contributed by atoms with E-state index in [2.05, 4.69) is 39.9 Å². The molecule has 0 aromatic carbocycles. The van der Waals surface area contributed by atoms with Crippen molar-refractivity contribution >= 4 is 5.91 Å². The van der Waals surface area contributed by atoms with E-state index < -0.39 is 0 Å². The van der Waals surface area contributed by atoms with Gasteiger partial charge in [-0.05, 0) is 23.2 Å². The first-order chi connectivity index (χ1) is 7.82. The number of carbonyl (C=O) groups is 1. The Hall–Kier alpha value is -0.570. The van der Waals surface area contributed by atoms with Gasteiger partial charge < -0.3 is 4.90 Å². The fraction of sp³-hybridized carbons (Fsp3) is 0.929. The van der Waals surface area contributed by atoms with Crippen LogP contribution in [0.4, 0.5) is 0 Å². The molecule has 0 radical (unpaired) electrons. The van der Waals surface area contributed by atoms with E-state index in [-0.39, 0.29) is 6.04 Å². The topological polar surface area (TPSA) is 32.3 Å². The highest BCUT2D eigenvalue weighted by atomic mass is 16.2. The lowest BCUT2D eigenvalue weighted by atomic mass is 10.0. The second-order valence-corrected chi connectivity index (χ2v) is 6.76. The van der Waals surface area contributed by atoms with Gasteiger partial charge in [0, 0.05) is 6.54 Å². The predicted octanol–water partition coefficient (Wildman–Crippen LogP) is 2.23. The van der Waals surface area contributed by atoms with Crippen LogP contribution in [0, 0.1) is 16.7 Å². The Balaban J connectivity index is 1.93. The van der Waals surface area contributed by atoms with E-state index in [0.29, 0.717) is 22.7 Å². The van der Waals surface area contributed by atoms with Crippen molar-refractivity contribution in [1.82, 2.24) is 10.2 Å². The molecule has 1 aliphatic heterocycles. The van der Waals surface area contributed by atoms with Gasteiger partial charge in [-0.1, -0.05) is 41.0 Å². The zero-order valence-corrected chi connectivity index (χ0v) is 11.8. The predicted molar refractivity (Wildman–Crippen MR) is 69.5 cm³/mol. The maximum Gasteiger partial charge on any atom is 0.240 e. The lowest BCUT2D eigenvalue weighted by Gasteiger charge is -2.16. The van der Waals surface area contributed by atoms with Crippen LogP contribution in [0.3, 0.4) is 0 Å². The van der Waals surface area contributed by atoms with Crippen molar-refractivity contribution in [2.45, 2.75) is 53.5 Å². The zero-order valence-electron chi connectivity index (χ0n) is 11.8. The third-order valence-corrected chi connectivity index (χ3v) is 5.44. The average molecular weight is 238 g/mol. The number of hydrogen-bond donors (Lipinski definition) is 1. The summed E-state index contributed by atoms with van der Waals surface area (Å²) in [4.78, 5) is 14.2. The summed E-state index contributed by atoms with van der Waals surface area (Å²) in [6.45, 7) is 13.1. The van der Waals surface area contributed by atoms with E-state index in [0.717, 1.165) is 26.1 Å². The monoisotopic (exact) mass is 238 g/mol. The van der Waals surface area contributed by atoms with Crippen LogP contribution in [-0.2, 0) is 4.79 Å². The summed E-state index contributed by atoms with van der Waals surface area (Å²) >= 11 is 0. The molecule has 0 aromatic heterocycles. The Kier molecular flexibility index (Phi) is 3.01. The molecule has 1 unspecified atom stereocenters. The molecule has 98 valence electrons. The molecule has 1 amide bonds. The van der Waals surface area contributed by atoms with Gasteiger partial charge in [0.1, 0.15) is 0 Å². The SMILES string of the molecule is CCCC1NCN(CC2C(C)(C)C2(C)C)C1=O. The van der Waals surface area contributed by atoms with E-state index in [9.17, 15) is 4.79 Å². The largest absolute Gasteiger partial charge is 0.328 e. The van der Waals surface area contributed by atoms with E-state index in [1.54, 1.807) is 0 Å². The van der Waals surface area contributed by atoms with Crippen LogP contribution in [0.1, 0.15) is 47.5 Å². The average Bonchev–Trinajstić information content (AvgIpc) is 2.54. The molecule has 17 heavy (non-hydrogen) atoms. The first-order valence-electron chi connectivity index (χ1n) is 6.84. The molecule has 0 bridgehead atoms. The van der Waals surface area contributed by atoms with Gasteiger partial charge in [-0.25, -0.2) is 0 Å². The van der Waals surface area contributed by atoms with Crippen molar-refractivity contribution in [3.63, 3.8) is 0 Å². The van der Waals surface area contributed by atoms with Crippen LogP contribution in [0.5, 0.6) is 0 Å². The highest BCUT2D eigenvalue weighted by Gasteiger charge is 2.65. The highest BCUT2D eigenvalue weighted by molar-refractivity contribution is 5.83. The third kappa shape index (κ3) is 1.88. The van der Waals surface area contributed by atoms with Crippen LogP contribution in [0.15, 0.2) is 0 Å². The first kappa shape index (κ1) is 12.9.